The van der Waals surface area contributed by atoms with Gasteiger partial charge in [0.15, 0.2) is 23.0 Å². The van der Waals surface area contributed by atoms with Crippen molar-refractivity contribution in [3.05, 3.63) is 42.0 Å². The van der Waals surface area contributed by atoms with E-state index in [1.165, 1.54) is 5.56 Å². The lowest BCUT2D eigenvalue weighted by Gasteiger charge is -2.21. The van der Waals surface area contributed by atoms with Gasteiger partial charge in [0.05, 0.1) is 0 Å². The molecule has 5 rings (SSSR count). The van der Waals surface area contributed by atoms with Crippen molar-refractivity contribution >= 4 is 23.5 Å². The summed E-state index contributed by atoms with van der Waals surface area (Å²) >= 11 is 1.87. The van der Waals surface area contributed by atoms with E-state index in [4.69, 9.17) is 18.9 Å². The third-order valence-corrected chi connectivity index (χ3v) is 6.35. The van der Waals surface area contributed by atoms with E-state index < -0.39 is 0 Å². The molecule has 7 nitrogen and oxygen atoms in total. The maximum atomic E-state index is 12.7. The lowest BCUT2D eigenvalue weighted by Crippen LogP contribution is -2.36. The number of hydrogen-bond donors (Lipinski definition) is 1. The Morgan fingerprint density at radius 3 is 2.46 bits per heavy atom. The van der Waals surface area contributed by atoms with Crippen LogP contribution in [0.2, 0.25) is 0 Å². The summed E-state index contributed by atoms with van der Waals surface area (Å²) < 4.78 is 21.6. The molecule has 2 amide bonds. The van der Waals surface area contributed by atoms with Crippen LogP contribution < -0.4 is 24.3 Å². The number of benzene rings is 2. The first-order chi connectivity index (χ1) is 13.8. The third kappa shape index (κ3) is 3.40. The number of urea groups is 1. The summed E-state index contributed by atoms with van der Waals surface area (Å²) in [7, 11) is 0. The van der Waals surface area contributed by atoms with Crippen LogP contribution >= 0.6 is 11.8 Å². The van der Waals surface area contributed by atoms with Crippen molar-refractivity contribution < 1.29 is 23.7 Å². The van der Waals surface area contributed by atoms with E-state index in [9.17, 15) is 4.79 Å². The first-order valence-electron chi connectivity index (χ1n) is 9.23. The largest absolute Gasteiger partial charge is 0.454 e. The van der Waals surface area contributed by atoms with Crippen LogP contribution in [0.5, 0.6) is 23.0 Å². The Bertz CT molecular complexity index is 906. The number of thioether (sulfide) groups is 1. The molecule has 0 radical (unpaired) electrons. The van der Waals surface area contributed by atoms with Crippen LogP contribution in [0.1, 0.15) is 17.2 Å². The minimum absolute atomic E-state index is 0.0919. The fraction of sp³-hybridized carbons (Fsp3) is 0.350. The van der Waals surface area contributed by atoms with Gasteiger partial charge >= 0.3 is 6.03 Å². The first kappa shape index (κ1) is 17.4. The predicted octanol–water partition coefficient (Wildman–Crippen LogP) is 3.86. The zero-order valence-corrected chi connectivity index (χ0v) is 16.0. The van der Waals surface area contributed by atoms with Gasteiger partial charge in [0.25, 0.3) is 0 Å². The fourth-order valence-corrected chi connectivity index (χ4v) is 4.75. The second-order valence-electron chi connectivity index (χ2n) is 6.75. The maximum Gasteiger partial charge on any atom is 0.321 e. The van der Waals surface area contributed by atoms with Gasteiger partial charge in [-0.2, -0.15) is 11.8 Å². The Hall–Kier alpha value is -2.74. The first-order valence-corrected chi connectivity index (χ1v) is 10.3. The summed E-state index contributed by atoms with van der Waals surface area (Å²) in [6.07, 6.45) is 0.888. The quantitative estimate of drug-likeness (QED) is 0.826. The van der Waals surface area contributed by atoms with Gasteiger partial charge in [-0.1, -0.05) is 6.07 Å². The van der Waals surface area contributed by atoms with Gasteiger partial charge in [-0.3, -0.25) is 0 Å². The van der Waals surface area contributed by atoms with Gasteiger partial charge in [-0.25, -0.2) is 4.79 Å². The van der Waals surface area contributed by atoms with E-state index in [2.05, 4.69) is 17.4 Å². The van der Waals surface area contributed by atoms with Gasteiger partial charge in [-0.15, -0.1) is 0 Å². The van der Waals surface area contributed by atoms with Gasteiger partial charge in [0.2, 0.25) is 13.6 Å². The van der Waals surface area contributed by atoms with E-state index >= 15 is 0 Å². The van der Waals surface area contributed by atoms with Crippen LogP contribution in [0.15, 0.2) is 36.4 Å². The van der Waals surface area contributed by atoms with Gasteiger partial charge < -0.3 is 29.2 Å². The number of amides is 2. The lowest BCUT2D eigenvalue weighted by molar-refractivity contribution is 0.173. The fourth-order valence-electron chi connectivity index (χ4n) is 3.53. The molecule has 1 atom stereocenters. The molecule has 1 N–H and O–H groups in total. The maximum absolute atomic E-state index is 12.7. The van der Waals surface area contributed by atoms with Crippen LogP contribution in [0.3, 0.4) is 0 Å². The summed E-state index contributed by atoms with van der Waals surface area (Å²) in [5.74, 6) is 3.85. The molecular weight excluding hydrogens is 380 g/mol. The number of hydrogen-bond acceptors (Lipinski definition) is 6. The predicted molar refractivity (Wildman–Crippen MR) is 106 cm³/mol. The summed E-state index contributed by atoms with van der Waals surface area (Å²) in [5, 5.41) is 3.29. The van der Waals surface area contributed by atoms with Gasteiger partial charge in [0.1, 0.15) is 0 Å². The average Bonchev–Trinajstić information content (AvgIpc) is 3.30. The lowest BCUT2D eigenvalue weighted by atomic mass is 10.1. The standard InChI is InChI=1S/C20H20N2O5S/c23-20(21-14-2-4-16-18(10-14)27-12-25-16)22-6-5-19(28-8-7-22)13-1-3-15-17(9-13)26-11-24-15/h1-4,9-10,19H,5-8,11-12H2,(H,21,23). The number of carbonyl (C=O) groups excluding carboxylic acids is 1. The molecule has 3 heterocycles. The highest BCUT2D eigenvalue weighted by Gasteiger charge is 2.24. The summed E-state index contributed by atoms with van der Waals surface area (Å²) in [6.45, 7) is 1.91. The molecule has 0 spiro atoms. The molecule has 1 saturated heterocycles. The Morgan fingerprint density at radius 2 is 1.64 bits per heavy atom. The van der Waals surface area contributed by atoms with Crippen LogP contribution in [0, 0.1) is 0 Å². The van der Waals surface area contributed by atoms with Crippen LogP contribution in [0.4, 0.5) is 10.5 Å². The Labute approximate surface area is 166 Å². The van der Waals surface area contributed by atoms with Crippen LogP contribution in [0.25, 0.3) is 0 Å². The highest BCUT2D eigenvalue weighted by Crippen LogP contribution is 2.40. The Kier molecular flexibility index (Phi) is 4.56. The number of nitrogens with zero attached hydrogens (tertiary/aromatic N) is 1. The van der Waals surface area contributed by atoms with E-state index in [1.54, 1.807) is 6.07 Å². The molecule has 1 unspecified atom stereocenters. The Morgan fingerprint density at radius 1 is 0.929 bits per heavy atom. The molecule has 146 valence electrons. The SMILES string of the molecule is O=C(Nc1ccc2c(c1)OCO2)N1CCSC(c2ccc3c(c2)OCO3)CC1. The summed E-state index contributed by atoms with van der Waals surface area (Å²) in [4.78, 5) is 14.6. The highest BCUT2D eigenvalue weighted by molar-refractivity contribution is 7.99. The number of carbonyl (C=O) groups is 1. The molecule has 0 bridgehead atoms. The molecule has 1 fully saturated rings. The van der Waals surface area contributed by atoms with E-state index in [0.717, 1.165) is 23.7 Å². The third-order valence-electron chi connectivity index (χ3n) is 5.02. The Balaban J connectivity index is 1.22. The molecule has 3 aliphatic rings. The molecule has 0 saturated carbocycles. The smallest absolute Gasteiger partial charge is 0.321 e. The van der Waals surface area contributed by atoms with Crippen molar-refractivity contribution in [1.82, 2.24) is 4.90 Å². The zero-order chi connectivity index (χ0) is 18.9. The number of nitrogens with one attached hydrogen (secondary N) is 1. The van der Waals surface area contributed by atoms with Crippen molar-refractivity contribution in [2.75, 3.05) is 37.7 Å². The number of rotatable bonds is 2. The topological polar surface area (TPSA) is 69.3 Å². The molecule has 0 aliphatic carbocycles. The average molecular weight is 400 g/mol. The van der Waals surface area contributed by atoms with Crippen molar-refractivity contribution in [2.24, 2.45) is 0 Å². The van der Waals surface area contributed by atoms with Crippen molar-refractivity contribution in [3.8, 4) is 23.0 Å². The molecule has 2 aromatic carbocycles. The van der Waals surface area contributed by atoms with E-state index in [-0.39, 0.29) is 19.6 Å². The van der Waals surface area contributed by atoms with E-state index in [1.807, 2.05) is 34.9 Å². The zero-order valence-electron chi connectivity index (χ0n) is 15.2. The minimum Gasteiger partial charge on any atom is -0.454 e. The number of fused-ring (bicyclic) bond motifs is 2. The second-order valence-corrected chi connectivity index (χ2v) is 8.06. The molecule has 8 heteroatoms. The normalized spacial score (nSPS) is 20.0. The summed E-state index contributed by atoms with van der Waals surface area (Å²) in [5.41, 5.74) is 1.92. The number of ether oxygens (including phenoxy) is 4. The second kappa shape index (κ2) is 7.35. The van der Waals surface area contributed by atoms with Crippen molar-refractivity contribution in [1.29, 1.82) is 0 Å². The minimum atomic E-state index is -0.0919. The van der Waals surface area contributed by atoms with Gasteiger partial charge in [0, 0.05) is 35.8 Å². The molecule has 28 heavy (non-hydrogen) atoms. The van der Waals surface area contributed by atoms with Crippen molar-refractivity contribution in [2.45, 2.75) is 11.7 Å². The highest BCUT2D eigenvalue weighted by atomic mass is 32.2. The monoisotopic (exact) mass is 400 g/mol. The van der Waals surface area contributed by atoms with Gasteiger partial charge in [-0.05, 0) is 36.2 Å². The number of anilines is 1. The molecule has 2 aromatic rings. The summed E-state index contributed by atoms with van der Waals surface area (Å²) in [6, 6.07) is 11.5. The molecular formula is C20H20N2O5S. The van der Waals surface area contributed by atoms with Crippen LogP contribution in [-0.2, 0) is 0 Å². The molecule has 3 aliphatic heterocycles. The van der Waals surface area contributed by atoms with Crippen LogP contribution in [-0.4, -0.2) is 43.4 Å². The molecule has 0 aromatic heterocycles. The van der Waals surface area contributed by atoms with E-state index in [0.29, 0.717) is 35.5 Å². The van der Waals surface area contributed by atoms with Crippen molar-refractivity contribution in [3.63, 3.8) is 0 Å².